The molecule has 1 saturated heterocycles. The lowest BCUT2D eigenvalue weighted by atomic mass is 9.95. The summed E-state index contributed by atoms with van der Waals surface area (Å²) in [4.78, 5) is 11.7. The summed E-state index contributed by atoms with van der Waals surface area (Å²) in [7, 11) is -3.77. The van der Waals surface area contributed by atoms with Crippen LogP contribution < -0.4 is 0 Å². The van der Waals surface area contributed by atoms with Gasteiger partial charge in [0.15, 0.2) is 0 Å². The van der Waals surface area contributed by atoms with E-state index in [1.807, 2.05) is 0 Å². The minimum absolute atomic E-state index is 0.152. The topological polar surface area (TPSA) is 74.7 Å². The van der Waals surface area contributed by atoms with Crippen molar-refractivity contribution >= 4 is 38.6 Å². The van der Waals surface area contributed by atoms with Crippen LogP contribution in [0.4, 0.5) is 0 Å². The van der Waals surface area contributed by atoms with Gasteiger partial charge in [-0.3, -0.25) is 4.79 Å². The van der Waals surface area contributed by atoms with E-state index in [0.717, 1.165) is 7.88 Å². The number of benzene rings is 1. The van der Waals surface area contributed by atoms with Crippen molar-refractivity contribution in [1.82, 2.24) is 4.31 Å². The third-order valence-corrected chi connectivity index (χ3v) is 6.51. The largest absolute Gasteiger partial charge is 0.480 e. The Balaban J connectivity index is 2.48. The molecule has 0 bridgehead atoms. The predicted octanol–water partition coefficient (Wildman–Crippen LogP) is 2.31. The number of hydrogen-bond donors (Lipinski definition) is 1. The second-order valence-corrected chi connectivity index (χ2v) is 7.93. The van der Waals surface area contributed by atoms with Crippen LogP contribution in [-0.4, -0.2) is 35.9 Å². The normalized spacial score (nSPS) is 23.9. The van der Waals surface area contributed by atoms with Crippen molar-refractivity contribution in [2.75, 3.05) is 6.54 Å². The van der Waals surface area contributed by atoms with E-state index in [2.05, 4.69) is 22.6 Å². The number of carbonyl (C=O) groups is 1. The average Bonchev–Trinajstić information content (AvgIpc) is 2.85. The van der Waals surface area contributed by atoms with Gasteiger partial charge >= 0.3 is 5.97 Å². The molecular formula is C13H16INO4S. The quantitative estimate of drug-likeness (QED) is 0.775. The first-order chi connectivity index (χ1) is 9.34. The van der Waals surface area contributed by atoms with Gasteiger partial charge in [0, 0.05) is 10.1 Å². The fourth-order valence-corrected chi connectivity index (χ4v) is 4.88. The summed E-state index contributed by atoms with van der Waals surface area (Å²) in [5, 5.41) is 9.48. The molecule has 5 nitrogen and oxygen atoms in total. The van der Waals surface area contributed by atoms with Crippen molar-refractivity contribution in [3.8, 4) is 0 Å². The van der Waals surface area contributed by atoms with Crippen LogP contribution in [0.2, 0.25) is 0 Å². The fraction of sp³-hybridized carbons (Fsp3) is 0.462. The van der Waals surface area contributed by atoms with Gasteiger partial charge in [-0.15, -0.1) is 0 Å². The molecule has 0 amide bonds. The second-order valence-electron chi connectivity index (χ2n) is 4.82. The Bertz CT molecular complexity index is 614. The summed E-state index contributed by atoms with van der Waals surface area (Å²) in [6.45, 7) is 1.98. The summed E-state index contributed by atoms with van der Waals surface area (Å²) in [5.74, 6) is -1.06. The van der Waals surface area contributed by atoms with Crippen LogP contribution in [0.25, 0.3) is 0 Å². The third kappa shape index (κ3) is 2.46. The summed E-state index contributed by atoms with van der Waals surface area (Å²) in [5.41, 5.74) is -1.30. The smallest absolute Gasteiger partial charge is 0.325 e. The molecule has 1 unspecified atom stereocenters. The van der Waals surface area contributed by atoms with Crippen molar-refractivity contribution in [3.05, 3.63) is 27.8 Å². The van der Waals surface area contributed by atoms with E-state index in [1.165, 1.54) is 12.1 Å². The highest BCUT2D eigenvalue weighted by Gasteiger charge is 2.51. The second kappa shape index (κ2) is 5.61. The van der Waals surface area contributed by atoms with Crippen LogP contribution >= 0.6 is 22.6 Å². The standard InChI is InChI=1S/C13H16INO4S/c1-2-13(12(16)17)8-3-9-15(13)20(18,19)11-6-4-10(14)5-7-11/h4-7H,2-3,8-9H2,1H3,(H,16,17). The number of carboxylic acid groups (broad SMARTS) is 1. The molecule has 1 aliphatic heterocycles. The summed E-state index contributed by atoms with van der Waals surface area (Å²) in [6, 6.07) is 6.46. The van der Waals surface area contributed by atoms with Gasteiger partial charge in [0.25, 0.3) is 0 Å². The first-order valence-electron chi connectivity index (χ1n) is 6.36. The Hall–Kier alpha value is -0.670. The minimum atomic E-state index is -3.77. The minimum Gasteiger partial charge on any atom is -0.480 e. The van der Waals surface area contributed by atoms with E-state index in [9.17, 15) is 18.3 Å². The molecule has 1 N–H and O–H groups in total. The van der Waals surface area contributed by atoms with Crippen LogP contribution in [0.1, 0.15) is 26.2 Å². The van der Waals surface area contributed by atoms with Crippen LogP contribution in [0.15, 0.2) is 29.2 Å². The van der Waals surface area contributed by atoms with Gasteiger partial charge < -0.3 is 5.11 Å². The van der Waals surface area contributed by atoms with Crippen molar-refractivity contribution in [2.24, 2.45) is 0 Å². The van der Waals surface area contributed by atoms with Gasteiger partial charge in [0.05, 0.1) is 4.90 Å². The highest BCUT2D eigenvalue weighted by Crippen LogP contribution is 2.37. The van der Waals surface area contributed by atoms with Crippen molar-refractivity contribution in [1.29, 1.82) is 0 Å². The lowest BCUT2D eigenvalue weighted by Gasteiger charge is -2.32. The molecule has 0 saturated carbocycles. The Morgan fingerprint density at radius 2 is 2.00 bits per heavy atom. The molecule has 2 rings (SSSR count). The fourth-order valence-electron chi connectivity index (χ4n) is 2.66. The molecular weight excluding hydrogens is 393 g/mol. The summed E-state index contributed by atoms with van der Waals surface area (Å²) >= 11 is 2.10. The van der Waals surface area contributed by atoms with Gasteiger partial charge in [-0.25, -0.2) is 8.42 Å². The molecule has 1 aromatic carbocycles. The Morgan fingerprint density at radius 1 is 1.40 bits per heavy atom. The lowest BCUT2D eigenvalue weighted by molar-refractivity contribution is -0.147. The number of carboxylic acids is 1. The van der Waals surface area contributed by atoms with Gasteiger partial charge in [-0.2, -0.15) is 4.31 Å². The molecule has 110 valence electrons. The predicted molar refractivity (Wildman–Crippen MR) is 82.9 cm³/mol. The first-order valence-corrected chi connectivity index (χ1v) is 8.88. The van der Waals surface area contributed by atoms with E-state index in [-0.39, 0.29) is 17.9 Å². The first kappa shape index (κ1) is 15.7. The van der Waals surface area contributed by atoms with E-state index in [0.29, 0.717) is 12.8 Å². The lowest BCUT2D eigenvalue weighted by Crippen LogP contribution is -2.52. The number of aliphatic carboxylic acids is 1. The molecule has 0 spiro atoms. The molecule has 1 heterocycles. The van der Waals surface area contributed by atoms with Crippen LogP contribution in [0.5, 0.6) is 0 Å². The zero-order valence-electron chi connectivity index (χ0n) is 11.0. The van der Waals surface area contributed by atoms with Crippen LogP contribution in [0, 0.1) is 3.57 Å². The molecule has 20 heavy (non-hydrogen) atoms. The van der Waals surface area contributed by atoms with Crippen LogP contribution in [0.3, 0.4) is 0 Å². The van der Waals surface area contributed by atoms with Crippen molar-refractivity contribution < 1.29 is 18.3 Å². The monoisotopic (exact) mass is 409 g/mol. The van der Waals surface area contributed by atoms with Gasteiger partial charge in [0.2, 0.25) is 10.0 Å². The maximum atomic E-state index is 12.7. The molecule has 0 radical (unpaired) electrons. The molecule has 0 aliphatic carbocycles. The Kier molecular flexibility index (Phi) is 4.41. The molecule has 1 aromatic rings. The highest BCUT2D eigenvalue weighted by atomic mass is 127. The SMILES string of the molecule is CCC1(C(=O)O)CCCN1S(=O)(=O)c1ccc(I)cc1. The highest BCUT2D eigenvalue weighted by molar-refractivity contribution is 14.1. The number of halogens is 1. The summed E-state index contributed by atoms with van der Waals surface area (Å²) < 4.78 is 27.5. The molecule has 1 aliphatic rings. The number of nitrogens with zero attached hydrogens (tertiary/aromatic N) is 1. The summed E-state index contributed by atoms with van der Waals surface area (Å²) in [6.07, 6.45) is 1.21. The van der Waals surface area contributed by atoms with Crippen molar-refractivity contribution in [2.45, 2.75) is 36.6 Å². The Morgan fingerprint density at radius 3 is 2.50 bits per heavy atom. The molecule has 7 heteroatoms. The number of hydrogen-bond acceptors (Lipinski definition) is 3. The van der Waals surface area contributed by atoms with Gasteiger partial charge in [0.1, 0.15) is 5.54 Å². The zero-order chi connectivity index (χ0) is 15.0. The van der Waals surface area contributed by atoms with E-state index in [4.69, 9.17) is 0 Å². The van der Waals surface area contributed by atoms with E-state index < -0.39 is 21.5 Å². The van der Waals surface area contributed by atoms with Gasteiger partial charge in [-0.1, -0.05) is 6.92 Å². The third-order valence-electron chi connectivity index (χ3n) is 3.81. The zero-order valence-corrected chi connectivity index (χ0v) is 14.0. The average molecular weight is 409 g/mol. The Labute approximate surface area is 132 Å². The number of sulfonamides is 1. The number of rotatable bonds is 4. The maximum absolute atomic E-state index is 12.7. The molecule has 0 aromatic heterocycles. The van der Waals surface area contributed by atoms with Crippen LogP contribution in [-0.2, 0) is 14.8 Å². The van der Waals surface area contributed by atoms with E-state index in [1.54, 1.807) is 19.1 Å². The van der Waals surface area contributed by atoms with Crippen molar-refractivity contribution in [3.63, 3.8) is 0 Å². The van der Waals surface area contributed by atoms with Gasteiger partial charge in [-0.05, 0) is 66.1 Å². The maximum Gasteiger partial charge on any atom is 0.325 e. The van der Waals surface area contributed by atoms with E-state index >= 15 is 0 Å². The molecule has 1 atom stereocenters. The molecule has 1 fully saturated rings.